The van der Waals surface area contributed by atoms with Crippen LogP contribution in [0.15, 0.2) is 6.07 Å². The number of hydrogen-bond donors (Lipinski definition) is 1. The van der Waals surface area contributed by atoms with Gasteiger partial charge in [0.25, 0.3) is 0 Å². The van der Waals surface area contributed by atoms with Crippen LogP contribution in [0.1, 0.15) is 18.7 Å². The van der Waals surface area contributed by atoms with E-state index < -0.39 is 0 Å². The summed E-state index contributed by atoms with van der Waals surface area (Å²) < 4.78 is 6.83. The van der Waals surface area contributed by atoms with Crippen molar-refractivity contribution in [2.24, 2.45) is 7.05 Å². The van der Waals surface area contributed by atoms with E-state index in [0.29, 0.717) is 11.9 Å². The zero-order chi connectivity index (χ0) is 9.14. The Morgan fingerprint density at radius 1 is 1.67 bits per heavy atom. The second-order valence-corrected chi connectivity index (χ2v) is 2.75. The van der Waals surface area contributed by atoms with E-state index in [4.69, 9.17) is 4.74 Å². The average molecular weight is 169 g/mol. The van der Waals surface area contributed by atoms with Crippen molar-refractivity contribution >= 4 is 0 Å². The van der Waals surface area contributed by atoms with Crippen molar-refractivity contribution in [3.05, 3.63) is 11.8 Å². The maximum Gasteiger partial charge on any atom is 0.232 e. The molecule has 1 aromatic heterocycles. The second kappa shape index (κ2) is 3.58. The fourth-order valence-corrected chi connectivity index (χ4v) is 1.11. The molecular formula is C8H15N3O. The number of nitrogens with one attached hydrogen (secondary N) is 1. The number of hydrogen-bond acceptors (Lipinski definition) is 3. The smallest absolute Gasteiger partial charge is 0.232 e. The van der Waals surface area contributed by atoms with Gasteiger partial charge in [-0.1, -0.05) is 0 Å². The third-order valence-corrected chi connectivity index (χ3v) is 1.98. The lowest BCUT2D eigenvalue weighted by molar-refractivity contribution is 0.391. The lowest BCUT2D eigenvalue weighted by Gasteiger charge is -2.08. The minimum atomic E-state index is 0.298. The molecule has 0 fully saturated rings. The van der Waals surface area contributed by atoms with Crippen LogP contribution in [0, 0.1) is 0 Å². The van der Waals surface area contributed by atoms with Gasteiger partial charge < -0.3 is 10.1 Å². The van der Waals surface area contributed by atoms with E-state index in [1.165, 1.54) is 0 Å². The van der Waals surface area contributed by atoms with E-state index in [2.05, 4.69) is 17.3 Å². The molecule has 4 nitrogen and oxygen atoms in total. The minimum absolute atomic E-state index is 0.298. The molecule has 0 aliphatic carbocycles. The van der Waals surface area contributed by atoms with Crippen LogP contribution in [0.5, 0.6) is 5.88 Å². The fourth-order valence-electron chi connectivity index (χ4n) is 1.11. The molecule has 1 atom stereocenters. The summed E-state index contributed by atoms with van der Waals surface area (Å²) in [6.45, 7) is 2.08. The number of methoxy groups -OCH3 is 1. The van der Waals surface area contributed by atoms with Gasteiger partial charge in [0, 0.05) is 19.2 Å². The Morgan fingerprint density at radius 3 is 2.75 bits per heavy atom. The molecule has 0 amide bonds. The van der Waals surface area contributed by atoms with Gasteiger partial charge in [0.15, 0.2) is 0 Å². The normalized spacial score (nSPS) is 13.0. The molecule has 0 radical (unpaired) electrons. The molecular weight excluding hydrogens is 154 g/mol. The first-order valence-corrected chi connectivity index (χ1v) is 3.94. The van der Waals surface area contributed by atoms with Gasteiger partial charge in [-0.25, -0.2) is 0 Å². The van der Waals surface area contributed by atoms with Gasteiger partial charge in [0.05, 0.1) is 12.8 Å². The van der Waals surface area contributed by atoms with Crippen LogP contribution in [0.25, 0.3) is 0 Å². The Balaban J connectivity index is 2.91. The molecule has 12 heavy (non-hydrogen) atoms. The monoisotopic (exact) mass is 169 g/mol. The van der Waals surface area contributed by atoms with Crippen LogP contribution in [0.2, 0.25) is 0 Å². The lowest BCUT2D eigenvalue weighted by Crippen LogP contribution is -2.15. The van der Waals surface area contributed by atoms with Crippen LogP contribution in [0.4, 0.5) is 0 Å². The molecule has 1 heterocycles. The summed E-state index contributed by atoms with van der Waals surface area (Å²) >= 11 is 0. The van der Waals surface area contributed by atoms with Gasteiger partial charge in [-0.15, -0.1) is 5.10 Å². The van der Waals surface area contributed by atoms with E-state index in [1.807, 2.05) is 24.8 Å². The van der Waals surface area contributed by atoms with E-state index >= 15 is 0 Å². The number of rotatable bonds is 3. The minimum Gasteiger partial charge on any atom is -0.480 e. The standard InChI is InChI=1S/C8H15N3O/c1-6(9-2)7-5-8(12-4)10-11(7)3/h5-6,9H,1-4H3. The number of ether oxygens (including phenoxy) is 1. The van der Waals surface area contributed by atoms with E-state index in [9.17, 15) is 0 Å². The van der Waals surface area contributed by atoms with E-state index in [1.54, 1.807) is 7.11 Å². The van der Waals surface area contributed by atoms with Crippen LogP contribution >= 0.6 is 0 Å². The Bertz CT molecular complexity index is 257. The molecule has 0 aliphatic heterocycles. The summed E-state index contributed by atoms with van der Waals surface area (Å²) in [6.07, 6.45) is 0. The van der Waals surface area contributed by atoms with Gasteiger partial charge in [-0.3, -0.25) is 4.68 Å². The summed E-state index contributed by atoms with van der Waals surface area (Å²) in [4.78, 5) is 0. The topological polar surface area (TPSA) is 39.1 Å². The Kier molecular flexibility index (Phi) is 2.70. The molecule has 0 spiro atoms. The summed E-state index contributed by atoms with van der Waals surface area (Å²) in [6, 6.07) is 2.23. The molecule has 68 valence electrons. The van der Waals surface area contributed by atoms with Crippen molar-refractivity contribution < 1.29 is 4.74 Å². The van der Waals surface area contributed by atoms with Gasteiger partial charge in [0.2, 0.25) is 5.88 Å². The first-order valence-electron chi connectivity index (χ1n) is 3.94. The van der Waals surface area contributed by atoms with Gasteiger partial charge in [-0.2, -0.15) is 0 Å². The maximum atomic E-state index is 5.01. The van der Waals surface area contributed by atoms with E-state index in [0.717, 1.165) is 5.69 Å². The second-order valence-electron chi connectivity index (χ2n) is 2.75. The molecule has 0 aromatic carbocycles. The summed E-state index contributed by atoms with van der Waals surface area (Å²) in [5, 5.41) is 7.30. The molecule has 1 N–H and O–H groups in total. The third-order valence-electron chi connectivity index (χ3n) is 1.98. The number of aryl methyl sites for hydroxylation is 1. The van der Waals surface area contributed by atoms with Crippen molar-refractivity contribution in [2.75, 3.05) is 14.2 Å². The Morgan fingerprint density at radius 2 is 2.33 bits per heavy atom. The van der Waals surface area contributed by atoms with Crippen LogP contribution in [0.3, 0.4) is 0 Å². The molecule has 0 saturated carbocycles. The van der Waals surface area contributed by atoms with Crippen LogP contribution in [-0.2, 0) is 7.05 Å². The Hall–Kier alpha value is -1.03. The highest BCUT2D eigenvalue weighted by molar-refractivity contribution is 5.17. The highest BCUT2D eigenvalue weighted by atomic mass is 16.5. The van der Waals surface area contributed by atoms with Crippen molar-refractivity contribution in [3.8, 4) is 5.88 Å². The van der Waals surface area contributed by atoms with Crippen molar-refractivity contribution in [1.29, 1.82) is 0 Å². The van der Waals surface area contributed by atoms with Crippen molar-refractivity contribution in [1.82, 2.24) is 15.1 Å². The predicted molar refractivity (Wildman–Crippen MR) is 47.2 cm³/mol. The maximum absolute atomic E-state index is 5.01. The third kappa shape index (κ3) is 1.58. The first-order chi connectivity index (χ1) is 5.69. The van der Waals surface area contributed by atoms with Crippen molar-refractivity contribution in [3.63, 3.8) is 0 Å². The van der Waals surface area contributed by atoms with Gasteiger partial charge >= 0.3 is 0 Å². The molecule has 1 aromatic rings. The molecule has 1 unspecified atom stereocenters. The largest absolute Gasteiger partial charge is 0.480 e. The zero-order valence-corrected chi connectivity index (χ0v) is 7.96. The number of aromatic nitrogens is 2. The first kappa shape index (κ1) is 9.06. The SMILES string of the molecule is CNC(C)c1cc(OC)nn1C. The van der Waals surface area contributed by atoms with Gasteiger partial charge in [-0.05, 0) is 14.0 Å². The Labute approximate surface area is 72.5 Å². The molecule has 0 aliphatic rings. The zero-order valence-electron chi connectivity index (χ0n) is 7.96. The molecule has 4 heteroatoms. The van der Waals surface area contributed by atoms with Gasteiger partial charge in [0.1, 0.15) is 0 Å². The molecule has 1 rings (SSSR count). The summed E-state index contributed by atoms with van der Waals surface area (Å²) in [5.41, 5.74) is 1.12. The molecule has 0 bridgehead atoms. The average Bonchev–Trinajstić information content (AvgIpc) is 2.45. The van der Waals surface area contributed by atoms with Crippen LogP contribution < -0.4 is 10.1 Å². The number of nitrogens with zero attached hydrogens (tertiary/aromatic N) is 2. The summed E-state index contributed by atoms with van der Waals surface area (Å²) in [7, 11) is 5.45. The predicted octanol–water partition coefficient (Wildman–Crippen LogP) is 0.709. The molecule has 0 saturated heterocycles. The van der Waals surface area contributed by atoms with Crippen molar-refractivity contribution in [2.45, 2.75) is 13.0 Å². The lowest BCUT2D eigenvalue weighted by atomic mass is 10.2. The summed E-state index contributed by atoms with van der Waals surface area (Å²) in [5.74, 6) is 0.662. The highest BCUT2D eigenvalue weighted by Gasteiger charge is 2.09. The fraction of sp³-hybridized carbons (Fsp3) is 0.625. The van der Waals surface area contributed by atoms with E-state index in [-0.39, 0.29) is 0 Å². The highest BCUT2D eigenvalue weighted by Crippen LogP contribution is 2.16. The quantitative estimate of drug-likeness (QED) is 0.724. The van der Waals surface area contributed by atoms with Crippen LogP contribution in [-0.4, -0.2) is 23.9 Å².